The van der Waals surface area contributed by atoms with Crippen LogP contribution in [0, 0.1) is 6.92 Å². The van der Waals surface area contributed by atoms with Gasteiger partial charge in [0, 0.05) is 0 Å². The van der Waals surface area contributed by atoms with Crippen LogP contribution in [0.3, 0.4) is 0 Å². The minimum absolute atomic E-state index is 0.644. The van der Waals surface area contributed by atoms with Crippen LogP contribution in [0.5, 0.6) is 5.75 Å². The molecule has 1 rings (SSSR count). The first-order valence-corrected chi connectivity index (χ1v) is 3.53. The first kappa shape index (κ1) is 8.52. The fraction of sp³-hybridized carbons (Fsp3) is 0.250. The molecule has 12 heavy (non-hydrogen) atoms. The van der Waals surface area contributed by atoms with Gasteiger partial charge in [0.2, 0.25) is 0 Å². The number of ether oxygens (including phenoxy) is 1. The Kier molecular flexibility index (Phi) is 2.63. The second kappa shape index (κ2) is 3.71. The van der Waals surface area contributed by atoms with E-state index in [1.807, 2.05) is 25.1 Å². The minimum Gasteiger partial charge on any atom is -0.494 e. The van der Waals surface area contributed by atoms with E-state index >= 15 is 0 Å². The molecule has 0 aliphatic carbocycles. The molecule has 64 valence electrons. The summed E-state index contributed by atoms with van der Waals surface area (Å²) >= 11 is 0. The maximum Gasteiger partial charge on any atom is 0.146 e. The molecule has 0 aliphatic rings. The predicted octanol–water partition coefficient (Wildman–Crippen LogP) is 1.96. The SMILES string of the molecule is COc1cc(C)ccc1N=NN. The van der Waals surface area contributed by atoms with Gasteiger partial charge < -0.3 is 10.6 Å². The van der Waals surface area contributed by atoms with Crippen molar-refractivity contribution in [2.45, 2.75) is 6.92 Å². The highest BCUT2D eigenvalue weighted by atomic mass is 16.5. The van der Waals surface area contributed by atoms with Crippen molar-refractivity contribution in [1.82, 2.24) is 0 Å². The molecule has 1 aromatic rings. The molecular formula is C8H11N3O. The van der Waals surface area contributed by atoms with Crippen molar-refractivity contribution < 1.29 is 4.74 Å². The van der Waals surface area contributed by atoms with E-state index < -0.39 is 0 Å². The van der Waals surface area contributed by atoms with Gasteiger partial charge in [-0.25, -0.2) is 0 Å². The molecule has 0 fully saturated rings. The molecule has 0 bridgehead atoms. The van der Waals surface area contributed by atoms with Gasteiger partial charge in [0.05, 0.1) is 7.11 Å². The van der Waals surface area contributed by atoms with Crippen LogP contribution in [0.25, 0.3) is 0 Å². The third kappa shape index (κ3) is 1.72. The topological polar surface area (TPSA) is 60.0 Å². The molecule has 1 aromatic carbocycles. The van der Waals surface area contributed by atoms with Gasteiger partial charge in [-0.3, -0.25) is 0 Å². The van der Waals surface area contributed by atoms with E-state index in [1.54, 1.807) is 7.11 Å². The van der Waals surface area contributed by atoms with Gasteiger partial charge in [0.1, 0.15) is 11.4 Å². The Morgan fingerprint density at radius 2 is 2.17 bits per heavy atom. The van der Waals surface area contributed by atoms with E-state index in [2.05, 4.69) is 10.3 Å². The number of hydrogen-bond donors (Lipinski definition) is 1. The molecule has 0 amide bonds. The second-order valence-electron chi connectivity index (χ2n) is 2.39. The highest BCUT2D eigenvalue weighted by Crippen LogP contribution is 2.27. The molecule has 0 aliphatic heterocycles. The van der Waals surface area contributed by atoms with Gasteiger partial charge in [0.25, 0.3) is 0 Å². The van der Waals surface area contributed by atoms with Crippen LogP contribution in [0.2, 0.25) is 0 Å². The van der Waals surface area contributed by atoms with E-state index in [-0.39, 0.29) is 0 Å². The van der Waals surface area contributed by atoms with Gasteiger partial charge in [-0.15, -0.1) is 5.11 Å². The molecule has 0 aromatic heterocycles. The summed E-state index contributed by atoms with van der Waals surface area (Å²) in [5.41, 5.74) is 1.76. The lowest BCUT2D eigenvalue weighted by Gasteiger charge is -2.03. The van der Waals surface area contributed by atoms with Crippen LogP contribution < -0.4 is 10.6 Å². The van der Waals surface area contributed by atoms with Crippen molar-refractivity contribution in [3.8, 4) is 5.75 Å². The molecule has 4 heteroatoms. The van der Waals surface area contributed by atoms with E-state index in [4.69, 9.17) is 10.6 Å². The summed E-state index contributed by atoms with van der Waals surface area (Å²) in [6.45, 7) is 1.98. The number of hydrogen-bond acceptors (Lipinski definition) is 3. The van der Waals surface area contributed by atoms with E-state index in [0.717, 1.165) is 5.56 Å². The van der Waals surface area contributed by atoms with Gasteiger partial charge in [-0.05, 0) is 24.6 Å². The Hall–Kier alpha value is -1.58. The molecule has 0 saturated heterocycles. The highest BCUT2D eigenvalue weighted by Gasteiger charge is 2.00. The van der Waals surface area contributed by atoms with E-state index in [1.165, 1.54) is 0 Å². The van der Waals surface area contributed by atoms with Crippen LogP contribution in [-0.2, 0) is 0 Å². The summed E-state index contributed by atoms with van der Waals surface area (Å²) in [4.78, 5) is 0. The number of rotatable bonds is 2. The zero-order valence-corrected chi connectivity index (χ0v) is 7.11. The smallest absolute Gasteiger partial charge is 0.146 e. The van der Waals surface area contributed by atoms with Crippen molar-refractivity contribution in [3.63, 3.8) is 0 Å². The lowest BCUT2D eigenvalue weighted by molar-refractivity contribution is 0.415. The van der Waals surface area contributed by atoms with Crippen LogP contribution >= 0.6 is 0 Å². The third-order valence-electron chi connectivity index (χ3n) is 1.50. The second-order valence-corrected chi connectivity index (χ2v) is 2.39. The van der Waals surface area contributed by atoms with Crippen LogP contribution in [0.4, 0.5) is 5.69 Å². The Bertz CT molecular complexity index is 296. The molecule has 0 spiro atoms. The maximum absolute atomic E-state index is 5.07. The molecule has 2 N–H and O–H groups in total. The normalized spacial score (nSPS) is 10.5. The molecule has 0 saturated carbocycles. The predicted molar refractivity (Wildman–Crippen MR) is 46.4 cm³/mol. The average molecular weight is 165 g/mol. The molecule has 0 radical (unpaired) electrons. The highest BCUT2D eigenvalue weighted by molar-refractivity contribution is 5.52. The van der Waals surface area contributed by atoms with Crippen molar-refractivity contribution in [1.29, 1.82) is 0 Å². The fourth-order valence-corrected chi connectivity index (χ4v) is 0.930. The summed E-state index contributed by atoms with van der Waals surface area (Å²) in [5.74, 6) is 5.61. The van der Waals surface area contributed by atoms with Crippen molar-refractivity contribution in [2.75, 3.05) is 7.11 Å². The zero-order valence-electron chi connectivity index (χ0n) is 7.11. The van der Waals surface area contributed by atoms with E-state index in [0.29, 0.717) is 11.4 Å². The number of methoxy groups -OCH3 is 1. The summed E-state index contributed by atoms with van der Waals surface area (Å²) in [6.07, 6.45) is 0. The minimum atomic E-state index is 0.644. The fourth-order valence-electron chi connectivity index (χ4n) is 0.930. The van der Waals surface area contributed by atoms with E-state index in [9.17, 15) is 0 Å². The molecular weight excluding hydrogens is 154 g/mol. The summed E-state index contributed by atoms with van der Waals surface area (Å²) in [7, 11) is 1.59. The van der Waals surface area contributed by atoms with Gasteiger partial charge in [-0.2, -0.15) is 0 Å². The summed E-state index contributed by atoms with van der Waals surface area (Å²) in [6, 6.07) is 5.61. The largest absolute Gasteiger partial charge is 0.494 e. The van der Waals surface area contributed by atoms with Crippen LogP contribution in [0.15, 0.2) is 28.5 Å². The first-order chi connectivity index (χ1) is 5.77. The lowest BCUT2D eigenvalue weighted by Crippen LogP contribution is -1.84. The number of benzene rings is 1. The van der Waals surface area contributed by atoms with Crippen molar-refractivity contribution in [3.05, 3.63) is 23.8 Å². The maximum atomic E-state index is 5.07. The van der Waals surface area contributed by atoms with Crippen LogP contribution in [-0.4, -0.2) is 7.11 Å². The molecule has 0 atom stereocenters. The summed E-state index contributed by atoms with van der Waals surface area (Å²) < 4.78 is 5.07. The van der Waals surface area contributed by atoms with Gasteiger partial charge in [0.15, 0.2) is 0 Å². The van der Waals surface area contributed by atoms with Crippen molar-refractivity contribution >= 4 is 5.69 Å². The lowest BCUT2D eigenvalue weighted by atomic mass is 10.2. The Balaban J connectivity index is 3.10. The van der Waals surface area contributed by atoms with Crippen LogP contribution in [0.1, 0.15) is 5.56 Å². The number of nitrogens with two attached hydrogens (primary N) is 1. The molecule has 4 nitrogen and oxygen atoms in total. The first-order valence-electron chi connectivity index (χ1n) is 3.53. The third-order valence-corrected chi connectivity index (χ3v) is 1.50. The quantitative estimate of drug-likeness (QED) is 0.413. The number of nitrogens with zero attached hydrogens (tertiary/aromatic N) is 2. The van der Waals surface area contributed by atoms with Crippen molar-refractivity contribution in [2.24, 2.45) is 16.2 Å². The Labute approximate surface area is 71.0 Å². The van der Waals surface area contributed by atoms with Gasteiger partial charge in [-0.1, -0.05) is 11.3 Å². The monoisotopic (exact) mass is 165 g/mol. The summed E-state index contributed by atoms with van der Waals surface area (Å²) in [5, 5.41) is 6.89. The number of aryl methyl sites for hydroxylation is 1. The average Bonchev–Trinajstić information content (AvgIpc) is 2.08. The molecule has 0 unspecified atom stereocenters. The Morgan fingerprint density at radius 3 is 2.75 bits per heavy atom. The molecule has 0 heterocycles. The Morgan fingerprint density at radius 1 is 1.42 bits per heavy atom. The van der Waals surface area contributed by atoms with Gasteiger partial charge >= 0.3 is 0 Å². The standard InChI is InChI=1S/C8H11N3O/c1-6-3-4-7(10-11-9)8(5-6)12-2/h3-5H,1-2H3,(H2,9,10). The zero-order chi connectivity index (χ0) is 8.97.